The third-order valence-electron chi connectivity index (χ3n) is 5.94. The van der Waals surface area contributed by atoms with E-state index in [-0.39, 0.29) is 23.8 Å². The fraction of sp³-hybridized carbons (Fsp3) is 0.478. The Balaban J connectivity index is 1.32. The molecule has 170 valence electrons. The molecule has 32 heavy (non-hydrogen) atoms. The van der Waals surface area contributed by atoms with Crippen molar-refractivity contribution in [3.63, 3.8) is 0 Å². The summed E-state index contributed by atoms with van der Waals surface area (Å²) in [5.74, 6) is 0.482. The van der Waals surface area contributed by atoms with Crippen molar-refractivity contribution in [2.24, 2.45) is 0 Å². The number of esters is 1. The van der Waals surface area contributed by atoms with Crippen LogP contribution in [-0.2, 0) is 20.7 Å². The molecule has 4 rings (SSSR count). The van der Waals surface area contributed by atoms with Gasteiger partial charge in [0.2, 0.25) is 11.8 Å². The summed E-state index contributed by atoms with van der Waals surface area (Å²) in [6.07, 6.45) is 3.48. The van der Waals surface area contributed by atoms with E-state index in [2.05, 4.69) is 9.88 Å². The number of hydrogen-bond acceptors (Lipinski definition) is 7. The monoisotopic (exact) mass is 456 g/mol. The fourth-order valence-electron chi connectivity index (χ4n) is 4.26. The third kappa shape index (κ3) is 4.93. The average molecular weight is 457 g/mol. The van der Waals surface area contributed by atoms with Crippen LogP contribution in [0.2, 0.25) is 0 Å². The van der Waals surface area contributed by atoms with E-state index in [4.69, 9.17) is 4.74 Å². The lowest BCUT2D eigenvalue weighted by molar-refractivity contribution is -0.143. The molecule has 1 atom stereocenters. The van der Waals surface area contributed by atoms with Crippen molar-refractivity contribution in [3.8, 4) is 0 Å². The van der Waals surface area contributed by atoms with Gasteiger partial charge in [0.1, 0.15) is 11.9 Å². The zero-order valence-corrected chi connectivity index (χ0v) is 19.1. The summed E-state index contributed by atoms with van der Waals surface area (Å²) in [5, 5.41) is 1.97. The molecular formula is C23H28N4O4S. The highest BCUT2D eigenvalue weighted by Gasteiger charge is 2.37. The summed E-state index contributed by atoms with van der Waals surface area (Å²) in [5.41, 5.74) is 0.429. The molecular weight excluding hydrogens is 428 g/mol. The zero-order valence-electron chi connectivity index (χ0n) is 18.2. The minimum Gasteiger partial charge on any atom is -0.462 e. The zero-order chi connectivity index (χ0) is 22.5. The molecule has 2 aromatic heterocycles. The smallest absolute Gasteiger partial charge is 0.339 e. The van der Waals surface area contributed by atoms with Crippen molar-refractivity contribution < 1.29 is 19.1 Å². The van der Waals surface area contributed by atoms with E-state index in [0.717, 1.165) is 23.5 Å². The van der Waals surface area contributed by atoms with Crippen molar-refractivity contribution in [2.75, 3.05) is 44.2 Å². The SMILES string of the molecule is CCOC(=O)c1ccc(N2CCN(C(=O)C3CCCN3C(=O)Cc3cccs3)CC2)nc1. The van der Waals surface area contributed by atoms with Crippen LogP contribution in [0.25, 0.3) is 0 Å². The summed E-state index contributed by atoms with van der Waals surface area (Å²) in [6.45, 7) is 5.24. The second kappa shape index (κ2) is 10.1. The molecule has 0 aliphatic carbocycles. The van der Waals surface area contributed by atoms with E-state index >= 15 is 0 Å². The Morgan fingerprint density at radius 1 is 1.12 bits per heavy atom. The highest BCUT2D eigenvalue weighted by molar-refractivity contribution is 7.10. The molecule has 4 heterocycles. The molecule has 2 fully saturated rings. The second-order valence-corrected chi connectivity index (χ2v) is 8.97. The van der Waals surface area contributed by atoms with Crippen LogP contribution >= 0.6 is 11.3 Å². The van der Waals surface area contributed by atoms with Crippen LogP contribution in [0.1, 0.15) is 35.0 Å². The number of amides is 2. The molecule has 9 heteroatoms. The molecule has 2 aromatic rings. The maximum atomic E-state index is 13.2. The lowest BCUT2D eigenvalue weighted by Crippen LogP contribution is -2.54. The number of rotatable bonds is 6. The predicted molar refractivity (Wildman–Crippen MR) is 122 cm³/mol. The molecule has 0 N–H and O–H groups in total. The van der Waals surface area contributed by atoms with Gasteiger partial charge in [-0.3, -0.25) is 9.59 Å². The summed E-state index contributed by atoms with van der Waals surface area (Å²) in [4.78, 5) is 48.9. The Morgan fingerprint density at radius 2 is 1.94 bits per heavy atom. The summed E-state index contributed by atoms with van der Waals surface area (Å²) in [6, 6.07) is 7.08. The molecule has 0 aromatic carbocycles. The van der Waals surface area contributed by atoms with Gasteiger partial charge >= 0.3 is 5.97 Å². The standard InChI is InChI=1S/C23H28N4O4S/c1-2-31-23(30)17-7-8-20(24-16-17)25-10-12-26(13-11-25)22(29)19-6-3-9-27(19)21(28)15-18-5-4-14-32-18/h4-5,7-8,14,16,19H,2-3,6,9-13,15H2,1H3. The lowest BCUT2D eigenvalue weighted by Gasteiger charge is -2.37. The van der Waals surface area contributed by atoms with Crippen molar-refractivity contribution >= 4 is 34.9 Å². The number of ether oxygens (including phenoxy) is 1. The van der Waals surface area contributed by atoms with Gasteiger partial charge in [-0.25, -0.2) is 9.78 Å². The van der Waals surface area contributed by atoms with Crippen molar-refractivity contribution in [3.05, 3.63) is 46.3 Å². The van der Waals surface area contributed by atoms with Crippen LogP contribution < -0.4 is 4.90 Å². The summed E-state index contributed by atoms with van der Waals surface area (Å²) in [7, 11) is 0. The number of pyridine rings is 1. The average Bonchev–Trinajstić information content (AvgIpc) is 3.51. The van der Waals surface area contributed by atoms with Crippen molar-refractivity contribution in [2.45, 2.75) is 32.2 Å². The van der Waals surface area contributed by atoms with E-state index < -0.39 is 0 Å². The van der Waals surface area contributed by atoms with Crippen molar-refractivity contribution in [1.82, 2.24) is 14.8 Å². The summed E-state index contributed by atoms with van der Waals surface area (Å²) < 4.78 is 4.99. The van der Waals surface area contributed by atoms with Crippen LogP contribution in [-0.4, -0.2) is 77.9 Å². The quantitative estimate of drug-likeness (QED) is 0.620. The Labute approximate surface area is 191 Å². The first-order valence-corrected chi connectivity index (χ1v) is 11.9. The van der Waals surface area contributed by atoms with E-state index in [1.165, 1.54) is 6.20 Å². The molecule has 2 saturated heterocycles. The Hall–Kier alpha value is -2.94. The number of anilines is 1. The van der Waals surface area contributed by atoms with Gasteiger partial charge in [-0.1, -0.05) is 6.07 Å². The molecule has 2 amide bonds. The second-order valence-electron chi connectivity index (χ2n) is 7.94. The maximum absolute atomic E-state index is 13.2. The van der Waals surface area contributed by atoms with Gasteiger partial charge in [-0.05, 0) is 43.3 Å². The summed E-state index contributed by atoms with van der Waals surface area (Å²) >= 11 is 1.57. The van der Waals surface area contributed by atoms with E-state index in [1.54, 1.807) is 29.2 Å². The number of hydrogen-bond donors (Lipinski definition) is 0. The number of likely N-dealkylation sites (tertiary alicyclic amines) is 1. The fourth-order valence-corrected chi connectivity index (χ4v) is 4.96. The number of carbonyl (C=O) groups excluding carboxylic acids is 3. The number of nitrogens with zero attached hydrogens (tertiary/aromatic N) is 4. The molecule has 0 radical (unpaired) electrons. The van der Waals surface area contributed by atoms with Gasteiger partial charge in [-0.15, -0.1) is 11.3 Å². The van der Waals surface area contributed by atoms with Gasteiger partial charge in [0.25, 0.3) is 0 Å². The topological polar surface area (TPSA) is 83.0 Å². The van der Waals surface area contributed by atoms with Gasteiger partial charge < -0.3 is 19.4 Å². The normalized spacial score (nSPS) is 18.7. The molecule has 0 saturated carbocycles. The molecule has 0 spiro atoms. The van der Waals surface area contributed by atoms with Gasteiger partial charge in [0.05, 0.1) is 18.6 Å². The molecule has 1 unspecified atom stereocenters. The Bertz CT molecular complexity index is 939. The van der Waals surface area contributed by atoms with Gasteiger partial charge in [-0.2, -0.15) is 0 Å². The number of thiophene rings is 1. The van der Waals surface area contributed by atoms with E-state index in [9.17, 15) is 14.4 Å². The van der Waals surface area contributed by atoms with Gasteiger partial charge in [0, 0.05) is 43.8 Å². The first-order chi connectivity index (χ1) is 15.6. The van der Waals surface area contributed by atoms with Crippen LogP contribution in [0.5, 0.6) is 0 Å². The van der Waals surface area contributed by atoms with E-state index in [1.807, 2.05) is 28.5 Å². The molecule has 2 aliphatic rings. The Morgan fingerprint density at radius 3 is 2.59 bits per heavy atom. The molecule has 0 bridgehead atoms. The third-order valence-corrected chi connectivity index (χ3v) is 6.81. The molecule has 2 aliphatic heterocycles. The predicted octanol–water partition coefficient (Wildman–Crippen LogP) is 2.20. The van der Waals surface area contributed by atoms with E-state index in [0.29, 0.717) is 51.3 Å². The number of aromatic nitrogens is 1. The highest BCUT2D eigenvalue weighted by atomic mass is 32.1. The minimum atomic E-state index is -0.378. The largest absolute Gasteiger partial charge is 0.462 e. The first-order valence-electron chi connectivity index (χ1n) is 11.1. The first kappa shape index (κ1) is 22.3. The maximum Gasteiger partial charge on any atom is 0.339 e. The molecule has 8 nitrogen and oxygen atoms in total. The minimum absolute atomic E-state index is 0.0350. The lowest BCUT2D eigenvalue weighted by atomic mass is 10.1. The van der Waals surface area contributed by atoms with Crippen LogP contribution in [0.3, 0.4) is 0 Å². The number of carbonyl (C=O) groups is 3. The number of piperazine rings is 1. The van der Waals surface area contributed by atoms with Gasteiger partial charge in [0.15, 0.2) is 0 Å². The van der Waals surface area contributed by atoms with Crippen LogP contribution in [0.15, 0.2) is 35.8 Å². The van der Waals surface area contributed by atoms with Crippen LogP contribution in [0, 0.1) is 0 Å². The Kier molecular flexibility index (Phi) is 7.04. The van der Waals surface area contributed by atoms with Crippen molar-refractivity contribution in [1.29, 1.82) is 0 Å². The van der Waals surface area contributed by atoms with Crippen LogP contribution in [0.4, 0.5) is 5.82 Å². The highest BCUT2D eigenvalue weighted by Crippen LogP contribution is 2.23.